The van der Waals surface area contributed by atoms with Crippen LogP contribution in [0.1, 0.15) is 12.8 Å². The van der Waals surface area contributed by atoms with Gasteiger partial charge in [0.2, 0.25) is 5.95 Å². The van der Waals surface area contributed by atoms with E-state index < -0.39 is 0 Å². The van der Waals surface area contributed by atoms with Gasteiger partial charge >= 0.3 is 0 Å². The van der Waals surface area contributed by atoms with E-state index in [0.29, 0.717) is 3.57 Å². The SMILES string of the molecule is Fc1nc(N2CCCC2)ccc1I. The highest BCUT2D eigenvalue weighted by Crippen LogP contribution is 2.19. The highest BCUT2D eigenvalue weighted by molar-refractivity contribution is 14.1. The first-order valence-corrected chi connectivity index (χ1v) is 5.42. The van der Waals surface area contributed by atoms with Crippen molar-refractivity contribution in [1.82, 2.24) is 4.98 Å². The van der Waals surface area contributed by atoms with Crippen molar-refractivity contribution in [1.29, 1.82) is 0 Å². The molecule has 70 valence electrons. The molecule has 1 aromatic rings. The Morgan fingerprint density at radius 1 is 1.31 bits per heavy atom. The van der Waals surface area contributed by atoms with Gasteiger partial charge in [-0.1, -0.05) is 0 Å². The van der Waals surface area contributed by atoms with Gasteiger partial charge in [0, 0.05) is 13.1 Å². The summed E-state index contributed by atoms with van der Waals surface area (Å²) >= 11 is 1.95. The number of halogens is 2. The molecule has 2 rings (SSSR count). The zero-order chi connectivity index (χ0) is 9.26. The maximum Gasteiger partial charge on any atom is 0.228 e. The maximum atomic E-state index is 13.1. The van der Waals surface area contributed by atoms with Gasteiger partial charge in [-0.2, -0.15) is 4.39 Å². The van der Waals surface area contributed by atoms with Crippen LogP contribution in [-0.4, -0.2) is 18.1 Å². The summed E-state index contributed by atoms with van der Waals surface area (Å²) in [5.41, 5.74) is 0. The lowest BCUT2D eigenvalue weighted by Crippen LogP contribution is -2.19. The third-order valence-electron chi connectivity index (χ3n) is 2.22. The number of hydrogen-bond donors (Lipinski definition) is 0. The second-order valence-electron chi connectivity index (χ2n) is 3.14. The molecule has 4 heteroatoms. The van der Waals surface area contributed by atoms with Gasteiger partial charge in [-0.3, -0.25) is 0 Å². The number of aromatic nitrogens is 1. The Kier molecular flexibility index (Phi) is 2.66. The predicted molar refractivity (Wildman–Crippen MR) is 58.4 cm³/mol. The van der Waals surface area contributed by atoms with Crippen LogP contribution in [0.25, 0.3) is 0 Å². The summed E-state index contributed by atoms with van der Waals surface area (Å²) in [6.07, 6.45) is 2.38. The van der Waals surface area contributed by atoms with Crippen LogP contribution < -0.4 is 4.90 Å². The van der Waals surface area contributed by atoms with Crippen LogP contribution in [0.5, 0.6) is 0 Å². The Balaban J connectivity index is 2.25. The molecule has 0 atom stereocenters. The molecule has 0 spiro atoms. The van der Waals surface area contributed by atoms with E-state index in [4.69, 9.17) is 0 Å². The van der Waals surface area contributed by atoms with E-state index in [1.54, 1.807) is 6.07 Å². The topological polar surface area (TPSA) is 16.1 Å². The molecule has 0 aromatic carbocycles. The van der Waals surface area contributed by atoms with Crippen molar-refractivity contribution >= 4 is 28.4 Å². The van der Waals surface area contributed by atoms with Gasteiger partial charge in [-0.25, -0.2) is 4.98 Å². The van der Waals surface area contributed by atoms with E-state index in [9.17, 15) is 4.39 Å². The first-order valence-electron chi connectivity index (χ1n) is 4.34. The van der Waals surface area contributed by atoms with Gasteiger partial charge in [0.25, 0.3) is 0 Å². The van der Waals surface area contributed by atoms with Crippen LogP contribution in [-0.2, 0) is 0 Å². The highest BCUT2D eigenvalue weighted by atomic mass is 127. The Morgan fingerprint density at radius 2 is 2.00 bits per heavy atom. The second-order valence-corrected chi connectivity index (χ2v) is 4.30. The minimum absolute atomic E-state index is 0.356. The van der Waals surface area contributed by atoms with E-state index in [0.717, 1.165) is 18.9 Å². The molecule has 0 aliphatic carbocycles. The van der Waals surface area contributed by atoms with Crippen LogP contribution in [0.15, 0.2) is 12.1 Å². The van der Waals surface area contributed by atoms with Gasteiger partial charge in [0.05, 0.1) is 3.57 Å². The Morgan fingerprint density at radius 3 is 2.62 bits per heavy atom. The van der Waals surface area contributed by atoms with Gasteiger partial charge in [-0.05, 0) is 47.6 Å². The number of rotatable bonds is 1. The van der Waals surface area contributed by atoms with Gasteiger partial charge in [0.15, 0.2) is 0 Å². The summed E-state index contributed by atoms with van der Waals surface area (Å²) in [6.45, 7) is 2.01. The summed E-state index contributed by atoms with van der Waals surface area (Å²) < 4.78 is 13.7. The molecule has 0 N–H and O–H groups in total. The molecule has 1 fully saturated rings. The van der Waals surface area contributed by atoms with E-state index in [2.05, 4.69) is 9.88 Å². The lowest BCUT2D eigenvalue weighted by molar-refractivity contribution is 0.574. The molecule has 0 radical (unpaired) electrons. The van der Waals surface area contributed by atoms with E-state index >= 15 is 0 Å². The molecular weight excluding hydrogens is 282 g/mol. The molecule has 1 aromatic heterocycles. The predicted octanol–water partition coefficient (Wildman–Crippen LogP) is 2.43. The largest absolute Gasteiger partial charge is 0.357 e. The minimum Gasteiger partial charge on any atom is -0.357 e. The Hall–Kier alpha value is -0.390. The minimum atomic E-state index is -0.356. The van der Waals surface area contributed by atoms with Crippen LogP contribution in [0.3, 0.4) is 0 Å². The number of nitrogens with zero attached hydrogens (tertiary/aromatic N) is 2. The van der Waals surface area contributed by atoms with Crippen molar-refractivity contribution in [3.05, 3.63) is 21.7 Å². The molecular formula is C9H10FIN2. The van der Waals surface area contributed by atoms with Crippen LogP contribution >= 0.6 is 22.6 Å². The average Bonchev–Trinajstić information content (AvgIpc) is 2.62. The summed E-state index contributed by atoms with van der Waals surface area (Å²) in [5.74, 6) is 0.417. The van der Waals surface area contributed by atoms with Crippen molar-refractivity contribution in [2.75, 3.05) is 18.0 Å². The average molecular weight is 292 g/mol. The third-order valence-corrected chi connectivity index (χ3v) is 3.02. The van der Waals surface area contributed by atoms with Gasteiger partial charge in [0.1, 0.15) is 5.82 Å². The summed E-state index contributed by atoms with van der Waals surface area (Å²) in [7, 11) is 0. The first kappa shape index (κ1) is 9.18. The highest BCUT2D eigenvalue weighted by Gasteiger charge is 2.14. The molecule has 2 heterocycles. The maximum absolute atomic E-state index is 13.1. The van der Waals surface area contributed by atoms with Gasteiger partial charge < -0.3 is 4.90 Å². The zero-order valence-corrected chi connectivity index (χ0v) is 9.29. The van der Waals surface area contributed by atoms with Crippen LogP contribution in [0.4, 0.5) is 10.2 Å². The normalized spacial score (nSPS) is 16.6. The van der Waals surface area contributed by atoms with E-state index in [1.165, 1.54) is 12.8 Å². The standard InChI is InChI=1S/C9H10FIN2/c10-9-7(11)3-4-8(12-9)13-5-1-2-6-13/h3-4H,1-2,5-6H2. The Labute approximate surface area is 90.3 Å². The fourth-order valence-corrected chi connectivity index (χ4v) is 1.83. The van der Waals surface area contributed by atoms with Crippen LogP contribution in [0, 0.1) is 9.52 Å². The summed E-state index contributed by atoms with van der Waals surface area (Å²) in [6, 6.07) is 3.66. The van der Waals surface area contributed by atoms with Crippen molar-refractivity contribution in [2.24, 2.45) is 0 Å². The number of anilines is 1. The lowest BCUT2D eigenvalue weighted by Gasteiger charge is -2.15. The van der Waals surface area contributed by atoms with Crippen LogP contribution in [0.2, 0.25) is 0 Å². The number of hydrogen-bond acceptors (Lipinski definition) is 2. The molecule has 0 amide bonds. The molecule has 0 saturated carbocycles. The van der Waals surface area contributed by atoms with Gasteiger partial charge in [-0.15, -0.1) is 0 Å². The fraction of sp³-hybridized carbons (Fsp3) is 0.444. The van der Waals surface area contributed by atoms with Crippen molar-refractivity contribution in [2.45, 2.75) is 12.8 Å². The first-order chi connectivity index (χ1) is 6.27. The zero-order valence-electron chi connectivity index (χ0n) is 7.13. The Bertz CT molecular complexity index is 310. The fourth-order valence-electron chi connectivity index (χ4n) is 1.53. The number of pyridine rings is 1. The quantitative estimate of drug-likeness (QED) is 0.584. The molecule has 13 heavy (non-hydrogen) atoms. The molecule has 0 unspecified atom stereocenters. The lowest BCUT2D eigenvalue weighted by atomic mass is 10.4. The molecule has 2 nitrogen and oxygen atoms in total. The third kappa shape index (κ3) is 1.92. The van der Waals surface area contributed by atoms with E-state index in [-0.39, 0.29) is 5.95 Å². The van der Waals surface area contributed by atoms with E-state index in [1.807, 2.05) is 28.7 Å². The van der Waals surface area contributed by atoms with Crippen molar-refractivity contribution < 1.29 is 4.39 Å². The smallest absolute Gasteiger partial charge is 0.228 e. The molecule has 1 aliphatic rings. The molecule has 0 bridgehead atoms. The summed E-state index contributed by atoms with van der Waals surface area (Å²) in [5, 5.41) is 0. The summed E-state index contributed by atoms with van der Waals surface area (Å²) in [4.78, 5) is 6.03. The van der Waals surface area contributed by atoms with Crippen molar-refractivity contribution in [3.63, 3.8) is 0 Å². The monoisotopic (exact) mass is 292 g/mol. The van der Waals surface area contributed by atoms with Crippen molar-refractivity contribution in [3.8, 4) is 0 Å². The molecule has 1 saturated heterocycles. The molecule has 1 aliphatic heterocycles. The second kappa shape index (κ2) is 3.77.